The minimum atomic E-state index is -3.37. The van der Waals surface area contributed by atoms with E-state index in [1.54, 1.807) is 22.8 Å². The van der Waals surface area contributed by atoms with Crippen LogP contribution in [0, 0.1) is 0 Å². The fourth-order valence-corrected chi connectivity index (χ4v) is 6.00. The molecular formula is C23H35N5O6S. The highest BCUT2D eigenvalue weighted by atomic mass is 32.2. The largest absolute Gasteiger partial charge is 0.505 e. The Kier molecular flexibility index (Phi) is 7.02. The van der Waals surface area contributed by atoms with Crippen LogP contribution in [0.15, 0.2) is 23.1 Å². The van der Waals surface area contributed by atoms with Crippen molar-refractivity contribution in [2.45, 2.75) is 69.8 Å². The number of fused-ring (bicyclic) bond motifs is 3. The SMILES string of the molecule is CC(C)n1c(=O)c(C(=O)NC2CC3CCC(C2)N3CC(O)CN(C)S(C)(=O)=O)c(O)c2cccn21. The van der Waals surface area contributed by atoms with Crippen LogP contribution in [0.1, 0.15) is 55.9 Å². The highest BCUT2D eigenvalue weighted by molar-refractivity contribution is 7.88. The van der Waals surface area contributed by atoms with Crippen molar-refractivity contribution in [3.8, 4) is 5.75 Å². The average Bonchev–Trinajstić information content (AvgIpc) is 3.29. The first kappa shape index (κ1) is 25.7. The Balaban J connectivity index is 1.46. The molecule has 2 aromatic rings. The number of nitrogens with one attached hydrogen (secondary N) is 1. The number of piperidine rings is 1. The van der Waals surface area contributed by atoms with Gasteiger partial charge in [0.25, 0.3) is 11.5 Å². The number of aromatic nitrogens is 2. The Morgan fingerprint density at radius 2 is 1.89 bits per heavy atom. The van der Waals surface area contributed by atoms with Crippen molar-refractivity contribution < 1.29 is 23.4 Å². The predicted octanol–water partition coefficient (Wildman–Crippen LogP) is 0.365. The van der Waals surface area contributed by atoms with Crippen LogP contribution in [0.4, 0.5) is 0 Å². The molecule has 35 heavy (non-hydrogen) atoms. The number of rotatable bonds is 8. The van der Waals surface area contributed by atoms with Gasteiger partial charge in [0.1, 0.15) is 11.1 Å². The van der Waals surface area contributed by atoms with Gasteiger partial charge in [-0.2, -0.15) is 0 Å². The number of likely N-dealkylation sites (N-methyl/N-ethyl adjacent to an activating group) is 1. The van der Waals surface area contributed by atoms with Gasteiger partial charge in [0.15, 0.2) is 5.75 Å². The minimum Gasteiger partial charge on any atom is -0.505 e. The molecule has 2 aliphatic rings. The molecule has 2 aliphatic heterocycles. The second-order valence-electron chi connectivity index (χ2n) is 10.1. The van der Waals surface area contributed by atoms with E-state index < -0.39 is 27.6 Å². The fraction of sp³-hybridized carbons (Fsp3) is 0.652. The van der Waals surface area contributed by atoms with Crippen molar-refractivity contribution in [3.63, 3.8) is 0 Å². The standard InChI is InChI=1S/C23H35N5O6S/c1-14(2)28-23(32)20(21(30)19-6-5-9-27(19)28)22(31)24-15-10-16-7-8-17(11-15)26(16)13-18(29)12-25(3)35(4,33)34/h5-6,9,14-18,29-30H,7-8,10-13H2,1-4H3,(H,24,31). The van der Waals surface area contributed by atoms with E-state index in [4.69, 9.17) is 0 Å². The maximum atomic E-state index is 13.2. The van der Waals surface area contributed by atoms with Gasteiger partial charge >= 0.3 is 0 Å². The molecule has 0 radical (unpaired) electrons. The lowest BCUT2D eigenvalue weighted by molar-refractivity contribution is 0.0448. The number of nitrogens with zero attached hydrogens (tertiary/aromatic N) is 4. The van der Waals surface area contributed by atoms with Gasteiger partial charge in [0.05, 0.1) is 12.4 Å². The highest BCUT2D eigenvalue weighted by Crippen LogP contribution is 2.36. The number of sulfonamides is 1. The van der Waals surface area contributed by atoms with Crippen LogP contribution >= 0.6 is 0 Å². The van der Waals surface area contributed by atoms with Crippen LogP contribution in [0.3, 0.4) is 0 Å². The van der Waals surface area contributed by atoms with Crippen molar-refractivity contribution in [1.29, 1.82) is 0 Å². The van der Waals surface area contributed by atoms with Gasteiger partial charge in [-0.3, -0.25) is 19.0 Å². The van der Waals surface area contributed by atoms with Crippen LogP contribution in [-0.4, -0.2) is 93.6 Å². The first-order valence-electron chi connectivity index (χ1n) is 12.0. The zero-order valence-corrected chi connectivity index (χ0v) is 21.4. The van der Waals surface area contributed by atoms with Crippen LogP contribution in [0.5, 0.6) is 5.75 Å². The maximum absolute atomic E-state index is 13.2. The van der Waals surface area contributed by atoms with Crippen molar-refractivity contribution in [3.05, 3.63) is 34.2 Å². The molecule has 2 fully saturated rings. The molecule has 3 atom stereocenters. The van der Waals surface area contributed by atoms with E-state index in [0.717, 1.165) is 23.4 Å². The number of aliphatic hydroxyl groups is 1. The second-order valence-corrected chi connectivity index (χ2v) is 12.2. The second kappa shape index (κ2) is 9.57. The normalized spacial score (nSPS) is 23.9. The van der Waals surface area contributed by atoms with E-state index >= 15 is 0 Å². The van der Waals surface area contributed by atoms with E-state index in [1.807, 2.05) is 13.8 Å². The first-order valence-corrected chi connectivity index (χ1v) is 13.8. The summed E-state index contributed by atoms with van der Waals surface area (Å²) in [5.41, 5.74) is -0.400. The molecule has 194 valence electrons. The molecule has 4 heterocycles. The fourth-order valence-electron chi connectivity index (χ4n) is 5.56. The lowest BCUT2D eigenvalue weighted by Crippen LogP contribution is -2.53. The van der Waals surface area contributed by atoms with Crippen molar-refractivity contribution in [2.75, 3.05) is 26.4 Å². The van der Waals surface area contributed by atoms with E-state index in [2.05, 4.69) is 10.2 Å². The Labute approximate surface area is 205 Å². The number of hydrogen-bond donors (Lipinski definition) is 3. The predicted molar refractivity (Wildman–Crippen MR) is 131 cm³/mol. The molecule has 3 N–H and O–H groups in total. The van der Waals surface area contributed by atoms with Gasteiger partial charge in [-0.25, -0.2) is 17.4 Å². The summed E-state index contributed by atoms with van der Waals surface area (Å²) in [6, 6.07) is 3.29. The number of carbonyl (C=O) groups is 1. The molecule has 2 saturated heterocycles. The highest BCUT2D eigenvalue weighted by Gasteiger charge is 2.42. The summed E-state index contributed by atoms with van der Waals surface area (Å²) in [6.45, 7) is 4.07. The van der Waals surface area contributed by atoms with E-state index in [-0.39, 0.29) is 42.0 Å². The molecule has 0 aromatic carbocycles. The molecule has 0 aliphatic carbocycles. The zero-order valence-electron chi connectivity index (χ0n) is 20.6. The smallest absolute Gasteiger partial charge is 0.282 e. The van der Waals surface area contributed by atoms with Gasteiger partial charge in [-0.1, -0.05) is 0 Å². The zero-order chi connectivity index (χ0) is 25.7. The lowest BCUT2D eigenvalue weighted by Gasteiger charge is -2.40. The number of aliphatic hydroxyl groups excluding tert-OH is 1. The number of hydrogen-bond acceptors (Lipinski definition) is 7. The van der Waals surface area contributed by atoms with Crippen LogP contribution < -0.4 is 10.9 Å². The molecular weight excluding hydrogens is 474 g/mol. The monoisotopic (exact) mass is 509 g/mol. The quantitative estimate of drug-likeness (QED) is 0.468. The van der Waals surface area contributed by atoms with Crippen LogP contribution in [0.2, 0.25) is 0 Å². The molecule has 1 amide bonds. The lowest BCUT2D eigenvalue weighted by atomic mass is 9.96. The number of carbonyl (C=O) groups excluding carboxylic acids is 1. The summed E-state index contributed by atoms with van der Waals surface area (Å²) in [4.78, 5) is 28.5. The molecule has 12 heteroatoms. The third-order valence-corrected chi connectivity index (χ3v) is 8.53. The van der Waals surface area contributed by atoms with E-state index in [0.29, 0.717) is 24.9 Å². The topological polar surface area (TPSA) is 137 Å². The molecule has 0 saturated carbocycles. The molecule has 11 nitrogen and oxygen atoms in total. The summed E-state index contributed by atoms with van der Waals surface area (Å²) in [5, 5.41) is 24.2. The summed E-state index contributed by atoms with van der Waals surface area (Å²) in [7, 11) is -1.92. The molecule has 4 rings (SSSR count). The van der Waals surface area contributed by atoms with Gasteiger partial charge in [-0.05, 0) is 51.7 Å². The van der Waals surface area contributed by atoms with Gasteiger partial charge < -0.3 is 15.5 Å². The summed E-state index contributed by atoms with van der Waals surface area (Å²) in [6.07, 6.45) is 5.13. The Bertz CT molecular complexity index is 1260. The molecule has 2 bridgehead atoms. The summed E-state index contributed by atoms with van der Waals surface area (Å²) in [5.74, 6) is -0.911. The Morgan fingerprint density at radius 1 is 1.26 bits per heavy atom. The third kappa shape index (κ3) is 4.97. The number of amides is 1. The Hall–Kier alpha value is -2.41. The Morgan fingerprint density at radius 3 is 2.46 bits per heavy atom. The third-order valence-electron chi connectivity index (χ3n) is 7.25. The molecule has 3 unspecified atom stereocenters. The van der Waals surface area contributed by atoms with Crippen molar-refractivity contribution in [2.24, 2.45) is 0 Å². The average molecular weight is 510 g/mol. The summed E-state index contributed by atoms with van der Waals surface area (Å²) < 4.78 is 27.4. The first-order chi connectivity index (χ1) is 16.4. The van der Waals surface area contributed by atoms with Crippen molar-refractivity contribution in [1.82, 2.24) is 23.7 Å². The van der Waals surface area contributed by atoms with E-state index in [1.165, 1.54) is 11.7 Å². The maximum Gasteiger partial charge on any atom is 0.282 e. The molecule has 2 aromatic heterocycles. The van der Waals surface area contributed by atoms with Crippen LogP contribution in [-0.2, 0) is 10.0 Å². The van der Waals surface area contributed by atoms with Gasteiger partial charge in [0, 0.05) is 50.5 Å². The van der Waals surface area contributed by atoms with Gasteiger partial charge in [0.2, 0.25) is 10.0 Å². The molecule has 0 spiro atoms. The van der Waals surface area contributed by atoms with E-state index in [9.17, 15) is 28.2 Å². The summed E-state index contributed by atoms with van der Waals surface area (Å²) >= 11 is 0. The van der Waals surface area contributed by atoms with Crippen LogP contribution in [0.25, 0.3) is 5.52 Å². The minimum absolute atomic E-state index is 0.0263. The van der Waals surface area contributed by atoms with Crippen molar-refractivity contribution >= 4 is 21.4 Å². The van der Waals surface area contributed by atoms with Gasteiger partial charge in [-0.15, -0.1) is 0 Å². The number of aromatic hydroxyl groups is 1.